The molecule has 4 rings (SSSR count). The van der Waals surface area contributed by atoms with Crippen LogP contribution < -0.4 is 15.5 Å². The second-order valence-electron chi connectivity index (χ2n) is 8.13. The van der Waals surface area contributed by atoms with Gasteiger partial charge in [0.2, 0.25) is 0 Å². The molecule has 0 bridgehead atoms. The van der Waals surface area contributed by atoms with E-state index in [0.717, 1.165) is 47.0 Å². The molecule has 6 nitrogen and oxygen atoms in total. The largest absolute Gasteiger partial charge is 0.398 e. The molecule has 2 aromatic heterocycles. The normalized spacial score (nSPS) is 15.3. The first-order valence-corrected chi connectivity index (χ1v) is 11.6. The van der Waals surface area contributed by atoms with Crippen molar-refractivity contribution in [3.8, 4) is 6.07 Å². The summed E-state index contributed by atoms with van der Waals surface area (Å²) in [5.41, 5.74) is 10.0. The SMILES string of the molecule is C=C1N(c2ccc(C#N)c(N)c2)C(=S)N(c2ccc(CCCc3nccs3)nc2)C1(C)C. The zero-order valence-corrected chi connectivity index (χ0v) is 19.7. The molecule has 2 N–H and O–H groups in total. The molecule has 1 aliphatic heterocycles. The number of hydrogen-bond acceptors (Lipinski definition) is 6. The van der Waals surface area contributed by atoms with E-state index in [9.17, 15) is 5.26 Å². The van der Waals surface area contributed by atoms with Crippen LogP contribution in [0.5, 0.6) is 0 Å². The lowest BCUT2D eigenvalue weighted by Gasteiger charge is -2.31. The number of aryl methyl sites for hydroxylation is 2. The van der Waals surface area contributed by atoms with Gasteiger partial charge in [-0.15, -0.1) is 11.3 Å². The van der Waals surface area contributed by atoms with Gasteiger partial charge in [-0.2, -0.15) is 5.26 Å². The molecule has 0 unspecified atom stereocenters. The van der Waals surface area contributed by atoms with Crippen molar-refractivity contribution in [3.63, 3.8) is 0 Å². The number of nitriles is 1. The molecular weight excluding hydrogens is 436 g/mol. The van der Waals surface area contributed by atoms with Crippen LogP contribution >= 0.6 is 23.6 Å². The molecule has 3 heterocycles. The second-order valence-corrected chi connectivity index (χ2v) is 9.47. The average Bonchev–Trinajstić information content (AvgIpc) is 3.34. The fourth-order valence-corrected chi connectivity index (χ4v) is 5.05. The van der Waals surface area contributed by atoms with Crippen molar-refractivity contribution in [2.24, 2.45) is 0 Å². The number of pyridine rings is 1. The van der Waals surface area contributed by atoms with Crippen LogP contribution in [0, 0.1) is 11.3 Å². The van der Waals surface area contributed by atoms with Crippen LogP contribution in [0.1, 0.15) is 36.5 Å². The van der Waals surface area contributed by atoms with Crippen molar-refractivity contribution in [2.45, 2.75) is 38.6 Å². The number of rotatable bonds is 6. The van der Waals surface area contributed by atoms with Crippen LogP contribution in [0.2, 0.25) is 0 Å². The maximum absolute atomic E-state index is 9.17. The number of anilines is 3. The van der Waals surface area contributed by atoms with E-state index in [0.29, 0.717) is 16.4 Å². The molecule has 8 heteroatoms. The highest BCUT2D eigenvalue weighted by Gasteiger charge is 2.45. The molecule has 1 aromatic carbocycles. The zero-order valence-electron chi connectivity index (χ0n) is 18.1. The van der Waals surface area contributed by atoms with Gasteiger partial charge in [-0.25, -0.2) is 4.98 Å². The van der Waals surface area contributed by atoms with E-state index in [1.54, 1.807) is 23.5 Å². The number of aromatic nitrogens is 2. The minimum atomic E-state index is -0.451. The van der Waals surface area contributed by atoms with E-state index in [4.69, 9.17) is 18.0 Å². The Bertz CT molecular complexity index is 1190. The molecule has 0 aliphatic carbocycles. The average molecular weight is 461 g/mol. The number of nitrogen functional groups attached to an aromatic ring is 1. The summed E-state index contributed by atoms with van der Waals surface area (Å²) in [6, 6.07) is 11.5. The highest BCUT2D eigenvalue weighted by atomic mass is 32.1. The van der Waals surface area contributed by atoms with Crippen LogP contribution in [-0.4, -0.2) is 20.6 Å². The van der Waals surface area contributed by atoms with E-state index < -0.39 is 5.54 Å². The van der Waals surface area contributed by atoms with Gasteiger partial charge in [0.15, 0.2) is 5.11 Å². The Morgan fingerprint density at radius 1 is 1.19 bits per heavy atom. The topological polar surface area (TPSA) is 82.1 Å². The van der Waals surface area contributed by atoms with Gasteiger partial charge in [0, 0.05) is 23.0 Å². The van der Waals surface area contributed by atoms with E-state index in [1.165, 1.54) is 0 Å². The zero-order chi connectivity index (χ0) is 22.9. The molecular formula is C24H24N6S2. The molecule has 162 valence electrons. The molecule has 0 atom stereocenters. The summed E-state index contributed by atoms with van der Waals surface area (Å²) in [5.74, 6) is 0. The fraction of sp³-hybridized carbons (Fsp3) is 0.250. The second kappa shape index (κ2) is 8.69. The Labute approximate surface area is 197 Å². The Morgan fingerprint density at radius 3 is 2.59 bits per heavy atom. The lowest BCUT2D eigenvalue weighted by molar-refractivity contribution is 0.631. The summed E-state index contributed by atoms with van der Waals surface area (Å²) in [5, 5.41) is 12.9. The fourth-order valence-electron chi connectivity index (χ4n) is 3.84. The van der Waals surface area contributed by atoms with Gasteiger partial charge < -0.3 is 10.6 Å². The maximum Gasteiger partial charge on any atom is 0.186 e. The Hall–Kier alpha value is -3.28. The van der Waals surface area contributed by atoms with Crippen LogP contribution in [-0.2, 0) is 12.8 Å². The van der Waals surface area contributed by atoms with Crippen molar-refractivity contribution < 1.29 is 0 Å². The number of thiocarbonyl (C=S) groups is 1. The Kier molecular flexibility index (Phi) is 5.96. The van der Waals surface area contributed by atoms with Crippen LogP contribution in [0.4, 0.5) is 17.1 Å². The van der Waals surface area contributed by atoms with Crippen molar-refractivity contribution in [1.82, 2.24) is 9.97 Å². The highest BCUT2D eigenvalue weighted by molar-refractivity contribution is 7.80. The smallest absolute Gasteiger partial charge is 0.186 e. The predicted molar refractivity (Wildman–Crippen MR) is 135 cm³/mol. The quantitative estimate of drug-likeness (QED) is 0.406. The van der Waals surface area contributed by atoms with E-state index >= 15 is 0 Å². The third kappa shape index (κ3) is 3.97. The summed E-state index contributed by atoms with van der Waals surface area (Å²) in [6.07, 6.45) is 6.59. The molecule has 3 aromatic rings. The number of nitrogens with zero attached hydrogens (tertiary/aromatic N) is 5. The monoisotopic (exact) mass is 460 g/mol. The molecule has 32 heavy (non-hydrogen) atoms. The minimum Gasteiger partial charge on any atom is -0.398 e. The Balaban J connectivity index is 1.54. The lowest BCUT2D eigenvalue weighted by atomic mass is 10.00. The number of benzene rings is 1. The maximum atomic E-state index is 9.17. The van der Waals surface area contributed by atoms with E-state index in [-0.39, 0.29) is 0 Å². The molecule has 0 amide bonds. The summed E-state index contributed by atoms with van der Waals surface area (Å²) >= 11 is 7.55. The van der Waals surface area contributed by atoms with Gasteiger partial charge in [-0.05, 0) is 75.7 Å². The number of thiazole rings is 1. The Morgan fingerprint density at radius 2 is 1.97 bits per heavy atom. The third-order valence-electron chi connectivity index (χ3n) is 5.71. The van der Waals surface area contributed by atoms with Crippen molar-refractivity contribution in [2.75, 3.05) is 15.5 Å². The lowest BCUT2D eigenvalue weighted by Crippen LogP contribution is -2.41. The van der Waals surface area contributed by atoms with E-state index in [2.05, 4.69) is 53.5 Å². The van der Waals surface area contributed by atoms with Crippen molar-refractivity contribution >= 4 is 45.7 Å². The summed E-state index contributed by atoms with van der Waals surface area (Å²) < 4.78 is 0. The van der Waals surface area contributed by atoms with Crippen LogP contribution in [0.3, 0.4) is 0 Å². The molecule has 0 radical (unpaired) electrons. The van der Waals surface area contributed by atoms with Gasteiger partial charge >= 0.3 is 0 Å². The number of nitrogens with two attached hydrogens (primary N) is 1. The van der Waals surface area contributed by atoms with Gasteiger partial charge in [0.1, 0.15) is 6.07 Å². The standard InChI is InChI=1S/C24H24N6S2/c1-16-24(2,3)30(23(31)29(16)19-9-7-17(14-25)21(26)13-19)20-10-8-18(28-15-20)5-4-6-22-27-11-12-32-22/h7-13,15H,1,4-6,26H2,2-3H3. The van der Waals surface area contributed by atoms with Gasteiger partial charge in [-0.1, -0.05) is 6.58 Å². The molecule has 0 saturated carbocycles. The first-order chi connectivity index (χ1) is 15.3. The third-order valence-corrected chi connectivity index (χ3v) is 6.91. The van der Waals surface area contributed by atoms with Gasteiger partial charge in [0.05, 0.1) is 39.4 Å². The van der Waals surface area contributed by atoms with Gasteiger partial charge in [-0.3, -0.25) is 9.88 Å². The van der Waals surface area contributed by atoms with Gasteiger partial charge in [0.25, 0.3) is 0 Å². The summed E-state index contributed by atoms with van der Waals surface area (Å²) in [7, 11) is 0. The van der Waals surface area contributed by atoms with Crippen LogP contribution in [0.25, 0.3) is 0 Å². The molecule has 1 aliphatic rings. The number of hydrogen-bond donors (Lipinski definition) is 1. The first-order valence-electron chi connectivity index (χ1n) is 10.3. The highest BCUT2D eigenvalue weighted by Crippen LogP contribution is 2.41. The first kappa shape index (κ1) is 21.9. The molecule has 1 fully saturated rings. The summed E-state index contributed by atoms with van der Waals surface area (Å²) in [4.78, 5) is 13.0. The minimum absolute atomic E-state index is 0.417. The van der Waals surface area contributed by atoms with Crippen LogP contribution in [0.15, 0.2) is 60.4 Å². The van der Waals surface area contributed by atoms with E-state index in [1.807, 2.05) is 28.7 Å². The molecule has 1 saturated heterocycles. The summed E-state index contributed by atoms with van der Waals surface area (Å²) in [6.45, 7) is 8.47. The van der Waals surface area contributed by atoms with Crippen molar-refractivity contribution in [1.29, 1.82) is 5.26 Å². The molecule has 0 spiro atoms. The van der Waals surface area contributed by atoms with Crippen molar-refractivity contribution in [3.05, 3.63) is 76.6 Å². The predicted octanol–water partition coefficient (Wildman–Crippen LogP) is 5.07.